The minimum atomic E-state index is -0.293. The predicted molar refractivity (Wildman–Crippen MR) is 93.9 cm³/mol. The molecule has 0 aliphatic carbocycles. The first-order valence-corrected chi connectivity index (χ1v) is 8.00. The molecule has 3 rings (SSSR count). The highest BCUT2D eigenvalue weighted by molar-refractivity contribution is 5.89. The summed E-state index contributed by atoms with van der Waals surface area (Å²) in [6, 6.07) is 12.5. The number of aromatic nitrogens is 3. The SMILES string of the molecule is CC(C)c1noc(-c2ccc(NC(=O)NCc3ccccn3)cc2)n1. The minimum Gasteiger partial charge on any atom is -0.334 e. The number of hydrogen-bond donors (Lipinski definition) is 2. The summed E-state index contributed by atoms with van der Waals surface area (Å²) < 4.78 is 5.25. The fourth-order valence-corrected chi connectivity index (χ4v) is 2.13. The molecule has 0 aliphatic rings. The van der Waals surface area contributed by atoms with Crippen molar-refractivity contribution >= 4 is 11.7 Å². The summed E-state index contributed by atoms with van der Waals surface area (Å²) in [4.78, 5) is 20.4. The van der Waals surface area contributed by atoms with Gasteiger partial charge in [-0.05, 0) is 36.4 Å². The first-order valence-electron chi connectivity index (χ1n) is 8.00. The van der Waals surface area contributed by atoms with Gasteiger partial charge in [0.2, 0.25) is 0 Å². The van der Waals surface area contributed by atoms with Crippen LogP contribution in [0.3, 0.4) is 0 Å². The summed E-state index contributed by atoms with van der Waals surface area (Å²) in [7, 11) is 0. The molecular formula is C18H19N5O2. The van der Waals surface area contributed by atoms with Gasteiger partial charge in [0, 0.05) is 23.4 Å². The van der Waals surface area contributed by atoms with E-state index < -0.39 is 0 Å². The number of carbonyl (C=O) groups excluding carboxylic acids is 1. The molecule has 2 heterocycles. The first kappa shape index (κ1) is 16.6. The van der Waals surface area contributed by atoms with Crippen LogP contribution in [0, 0.1) is 0 Å². The topological polar surface area (TPSA) is 92.9 Å². The number of benzene rings is 1. The quantitative estimate of drug-likeness (QED) is 0.742. The van der Waals surface area contributed by atoms with Gasteiger partial charge in [0.15, 0.2) is 5.82 Å². The van der Waals surface area contributed by atoms with Crippen molar-refractivity contribution in [3.63, 3.8) is 0 Å². The van der Waals surface area contributed by atoms with E-state index in [1.165, 1.54) is 0 Å². The molecule has 25 heavy (non-hydrogen) atoms. The van der Waals surface area contributed by atoms with Crippen LogP contribution in [0.15, 0.2) is 53.2 Å². The lowest BCUT2D eigenvalue weighted by atomic mass is 10.2. The minimum absolute atomic E-state index is 0.209. The van der Waals surface area contributed by atoms with E-state index in [1.54, 1.807) is 18.3 Å². The number of urea groups is 1. The number of nitrogens with one attached hydrogen (secondary N) is 2. The van der Waals surface area contributed by atoms with Crippen molar-refractivity contribution in [2.24, 2.45) is 0 Å². The van der Waals surface area contributed by atoms with E-state index >= 15 is 0 Å². The molecule has 7 heteroatoms. The summed E-state index contributed by atoms with van der Waals surface area (Å²) in [5, 5.41) is 9.47. The number of hydrogen-bond acceptors (Lipinski definition) is 5. The summed E-state index contributed by atoms with van der Waals surface area (Å²) in [5.41, 5.74) is 2.27. The summed E-state index contributed by atoms with van der Waals surface area (Å²) in [6.45, 7) is 4.38. The molecule has 3 aromatic rings. The molecule has 0 fully saturated rings. The second kappa shape index (κ2) is 7.57. The normalized spacial score (nSPS) is 10.7. The van der Waals surface area contributed by atoms with Gasteiger partial charge in [0.1, 0.15) is 0 Å². The van der Waals surface area contributed by atoms with Crippen LogP contribution >= 0.6 is 0 Å². The fraction of sp³-hybridized carbons (Fsp3) is 0.222. The predicted octanol–water partition coefficient (Wildman–Crippen LogP) is 3.58. The fourth-order valence-electron chi connectivity index (χ4n) is 2.13. The third kappa shape index (κ3) is 4.41. The Morgan fingerprint density at radius 3 is 2.60 bits per heavy atom. The number of nitrogens with zero attached hydrogens (tertiary/aromatic N) is 3. The van der Waals surface area contributed by atoms with Gasteiger partial charge in [-0.2, -0.15) is 4.98 Å². The van der Waals surface area contributed by atoms with Gasteiger partial charge < -0.3 is 15.2 Å². The van der Waals surface area contributed by atoms with Crippen LogP contribution in [-0.2, 0) is 6.54 Å². The van der Waals surface area contributed by atoms with E-state index in [9.17, 15) is 4.79 Å². The van der Waals surface area contributed by atoms with Crippen molar-refractivity contribution in [2.45, 2.75) is 26.3 Å². The standard InChI is InChI=1S/C18H19N5O2/c1-12(2)16-22-17(25-23-16)13-6-8-14(9-7-13)21-18(24)20-11-15-5-3-4-10-19-15/h3-10,12H,11H2,1-2H3,(H2,20,21,24). The molecule has 128 valence electrons. The number of rotatable bonds is 5. The zero-order valence-electron chi connectivity index (χ0n) is 14.1. The maximum Gasteiger partial charge on any atom is 0.319 e. The van der Waals surface area contributed by atoms with Crippen molar-refractivity contribution in [3.05, 3.63) is 60.2 Å². The zero-order chi connectivity index (χ0) is 17.6. The van der Waals surface area contributed by atoms with Gasteiger partial charge in [-0.25, -0.2) is 4.79 Å². The molecule has 0 unspecified atom stereocenters. The van der Waals surface area contributed by atoms with Crippen molar-refractivity contribution in [1.82, 2.24) is 20.4 Å². The van der Waals surface area contributed by atoms with Crippen LogP contribution in [0.5, 0.6) is 0 Å². The van der Waals surface area contributed by atoms with Crippen molar-refractivity contribution in [1.29, 1.82) is 0 Å². The molecule has 0 radical (unpaired) electrons. The van der Waals surface area contributed by atoms with Gasteiger partial charge in [-0.3, -0.25) is 4.98 Å². The molecule has 7 nitrogen and oxygen atoms in total. The van der Waals surface area contributed by atoms with Gasteiger partial charge in [0.05, 0.1) is 12.2 Å². The summed E-state index contributed by atoms with van der Waals surface area (Å²) in [5.74, 6) is 1.35. The number of carbonyl (C=O) groups is 1. The summed E-state index contributed by atoms with van der Waals surface area (Å²) >= 11 is 0. The maximum atomic E-state index is 11.9. The van der Waals surface area contributed by atoms with Crippen molar-refractivity contribution in [3.8, 4) is 11.5 Å². The molecule has 0 spiro atoms. The lowest BCUT2D eigenvalue weighted by molar-refractivity contribution is 0.251. The van der Waals surface area contributed by atoms with Gasteiger partial charge in [-0.15, -0.1) is 0 Å². The maximum absolute atomic E-state index is 11.9. The van der Waals surface area contributed by atoms with E-state index in [2.05, 4.69) is 25.8 Å². The third-order valence-electron chi connectivity index (χ3n) is 3.50. The molecule has 2 aromatic heterocycles. The Hall–Kier alpha value is -3.22. The second-order valence-electron chi connectivity index (χ2n) is 5.82. The third-order valence-corrected chi connectivity index (χ3v) is 3.50. The van der Waals surface area contributed by atoms with E-state index in [1.807, 2.05) is 44.2 Å². The van der Waals surface area contributed by atoms with Crippen molar-refractivity contribution < 1.29 is 9.32 Å². The molecule has 2 amide bonds. The highest BCUT2D eigenvalue weighted by atomic mass is 16.5. The highest BCUT2D eigenvalue weighted by Crippen LogP contribution is 2.21. The van der Waals surface area contributed by atoms with E-state index in [0.29, 0.717) is 23.9 Å². The molecular weight excluding hydrogens is 318 g/mol. The van der Waals surface area contributed by atoms with E-state index in [0.717, 1.165) is 11.3 Å². The van der Waals surface area contributed by atoms with Gasteiger partial charge >= 0.3 is 6.03 Å². The Morgan fingerprint density at radius 1 is 1.16 bits per heavy atom. The number of pyridine rings is 1. The number of amides is 2. The smallest absolute Gasteiger partial charge is 0.319 e. The van der Waals surface area contributed by atoms with Crippen LogP contribution < -0.4 is 10.6 Å². The molecule has 0 saturated heterocycles. The molecule has 0 saturated carbocycles. The zero-order valence-corrected chi connectivity index (χ0v) is 14.1. The molecule has 0 bridgehead atoms. The average Bonchev–Trinajstić information content (AvgIpc) is 3.12. The van der Waals surface area contributed by atoms with Gasteiger partial charge in [0.25, 0.3) is 5.89 Å². The Balaban J connectivity index is 1.57. The highest BCUT2D eigenvalue weighted by Gasteiger charge is 2.11. The van der Waals surface area contributed by atoms with Crippen LogP contribution in [0.1, 0.15) is 31.3 Å². The molecule has 2 N–H and O–H groups in total. The van der Waals surface area contributed by atoms with Crippen molar-refractivity contribution in [2.75, 3.05) is 5.32 Å². The monoisotopic (exact) mass is 337 g/mol. The molecule has 1 aromatic carbocycles. The van der Waals surface area contributed by atoms with Crippen LogP contribution in [0.25, 0.3) is 11.5 Å². The Kier molecular flexibility index (Phi) is 5.03. The lowest BCUT2D eigenvalue weighted by Crippen LogP contribution is -2.28. The van der Waals surface area contributed by atoms with Crippen LogP contribution in [0.4, 0.5) is 10.5 Å². The van der Waals surface area contributed by atoms with E-state index in [-0.39, 0.29) is 11.9 Å². The lowest BCUT2D eigenvalue weighted by Gasteiger charge is -2.07. The molecule has 0 aliphatic heterocycles. The van der Waals surface area contributed by atoms with Gasteiger partial charge in [-0.1, -0.05) is 25.1 Å². The average molecular weight is 337 g/mol. The largest absolute Gasteiger partial charge is 0.334 e. The second-order valence-corrected chi connectivity index (χ2v) is 5.82. The number of anilines is 1. The van der Waals surface area contributed by atoms with Crippen LogP contribution in [0.2, 0.25) is 0 Å². The van der Waals surface area contributed by atoms with E-state index in [4.69, 9.17) is 4.52 Å². The van der Waals surface area contributed by atoms with Crippen LogP contribution in [-0.4, -0.2) is 21.2 Å². The Labute approximate surface area is 145 Å². The summed E-state index contributed by atoms with van der Waals surface area (Å²) in [6.07, 6.45) is 1.69. The Bertz CT molecular complexity index is 828. The first-order chi connectivity index (χ1) is 12.1. The molecule has 0 atom stereocenters. The Morgan fingerprint density at radius 2 is 1.96 bits per heavy atom.